The minimum Gasteiger partial charge on any atom is -0.326 e. The van der Waals surface area contributed by atoms with Crippen molar-refractivity contribution < 1.29 is 4.79 Å². The lowest BCUT2D eigenvalue weighted by molar-refractivity contribution is -0.116. The average Bonchev–Trinajstić information content (AvgIpc) is 2.89. The molecule has 4 heteroatoms. The second-order valence-corrected chi connectivity index (χ2v) is 5.40. The summed E-state index contributed by atoms with van der Waals surface area (Å²) in [6, 6.07) is 8.12. The van der Waals surface area contributed by atoms with Crippen LogP contribution in [0.1, 0.15) is 31.2 Å². The summed E-state index contributed by atoms with van der Waals surface area (Å²) in [6.45, 7) is 3.35. The van der Waals surface area contributed by atoms with Gasteiger partial charge < -0.3 is 5.32 Å². The Morgan fingerprint density at radius 3 is 2.84 bits per heavy atom. The van der Waals surface area contributed by atoms with Crippen molar-refractivity contribution in [3.8, 4) is 0 Å². The summed E-state index contributed by atoms with van der Waals surface area (Å²) in [5, 5.41) is 2.93. The van der Waals surface area contributed by atoms with Gasteiger partial charge in [0.15, 0.2) is 0 Å². The standard InChI is InChI=1S/C15H21ClN2O/c16-8-4-7-15(19)17-14-6-3-5-13(11-14)12-18-9-1-2-10-18/h3,5-6,11H,1-2,4,7-10,12H2,(H,17,19). The van der Waals surface area contributed by atoms with E-state index in [2.05, 4.69) is 22.3 Å². The van der Waals surface area contributed by atoms with Crippen molar-refractivity contribution >= 4 is 23.2 Å². The summed E-state index contributed by atoms with van der Waals surface area (Å²) >= 11 is 5.58. The number of alkyl halides is 1. The monoisotopic (exact) mass is 280 g/mol. The molecular formula is C15H21ClN2O. The first-order valence-electron chi connectivity index (χ1n) is 6.95. The highest BCUT2D eigenvalue weighted by Crippen LogP contribution is 2.16. The highest BCUT2D eigenvalue weighted by Gasteiger charge is 2.11. The van der Waals surface area contributed by atoms with Crippen LogP contribution in [0.2, 0.25) is 0 Å². The number of halogens is 1. The molecule has 1 aliphatic rings. The molecule has 1 N–H and O–H groups in total. The number of hydrogen-bond donors (Lipinski definition) is 1. The molecule has 2 rings (SSSR count). The maximum Gasteiger partial charge on any atom is 0.224 e. The fourth-order valence-electron chi connectivity index (χ4n) is 2.40. The van der Waals surface area contributed by atoms with E-state index in [1.54, 1.807) is 0 Å². The van der Waals surface area contributed by atoms with E-state index >= 15 is 0 Å². The molecule has 0 aromatic heterocycles. The lowest BCUT2D eigenvalue weighted by Gasteiger charge is -2.15. The number of carbonyl (C=O) groups excluding carboxylic acids is 1. The number of nitrogens with zero attached hydrogens (tertiary/aromatic N) is 1. The molecule has 1 fully saturated rings. The Balaban J connectivity index is 1.88. The van der Waals surface area contributed by atoms with Gasteiger partial charge in [0.1, 0.15) is 0 Å². The zero-order chi connectivity index (χ0) is 13.5. The fraction of sp³-hybridized carbons (Fsp3) is 0.533. The smallest absolute Gasteiger partial charge is 0.224 e. The summed E-state index contributed by atoms with van der Waals surface area (Å²) in [7, 11) is 0. The normalized spacial score (nSPS) is 15.6. The van der Waals surface area contributed by atoms with Crippen LogP contribution in [0, 0.1) is 0 Å². The molecule has 1 heterocycles. The van der Waals surface area contributed by atoms with Gasteiger partial charge in [-0.15, -0.1) is 11.6 Å². The van der Waals surface area contributed by atoms with Gasteiger partial charge in [0.25, 0.3) is 0 Å². The van der Waals surface area contributed by atoms with Crippen LogP contribution < -0.4 is 5.32 Å². The van der Waals surface area contributed by atoms with Crippen LogP contribution in [0.5, 0.6) is 0 Å². The molecule has 0 aliphatic carbocycles. The quantitative estimate of drug-likeness (QED) is 0.812. The first-order valence-corrected chi connectivity index (χ1v) is 7.48. The number of hydrogen-bond acceptors (Lipinski definition) is 2. The van der Waals surface area contributed by atoms with Gasteiger partial charge in [-0.2, -0.15) is 0 Å². The number of anilines is 1. The zero-order valence-electron chi connectivity index (χ0n) is 11.2. The predicted octanol–water partition coefficient (Wildman–Crippen LogP) is 3.24. The molecule has 0 atom stereocenters. The van der Waals surface area contributed by atoms with Crippen molar-refractivity contribution in [2.75, 3.05) is 24.3 Å². The molecule has 1 aromatic rings. The third kappa shape index (κ3) is 4.84. The lowest BCUT2D eigenvalue weighted by Crippen LogP contribution is -2.18. The molecule has 1 aromatic carbocycles. The second kappa shape index (κ2) is 7.51. The third-order valence-electron chi connectivity index (χ3n) is 3.35. The Morgan fingerprint density at radius 1 is 1.32 bits per heavy atom. The topological polar surface area (TPSA) is 32.3 Å². The van der Waals surface area contributed by atoms with Crippen molar-refractivity contribution in [3.63, 3.8) is 0 Å². The molecule has 19 heavy (non-hydrogen) atoms. The number of carbonyl (C=O) groups is 1. The molecule has 0 saturated carbocycles. The molecule has 0 bridgehead atoms. The molecule has 1 amide bonds. The van der Waals surface area contributed by atoms with E-state index in [0.717, 1.165) is 18.7 Å². The van der Waals surface area contributed by atoms with Crippen LogP contribution in [-0.2, 0) is 11.3 Å². The van der Waals surface area contributed by atoms with Crippen molar-refractivity contribution in [2.24, 2.45) is 0 Å². The summed E-state index contributed by atoms with van der Waals surface area (Å²) in [4.78, 5) is 14.1. The Morgan fingerprint density at radius 2 is 2.11 bits per heavy atom. The van der Waals surface area contributed by atoms with Crippen LogP contribution in [0.25, 0.3) is 0 Å². The van der Waals surface area contributed by atoms with Gasteiger partial charge in [-0.25, -0.2) is 0 Å². The number of rotatable bonds is 6. The van der Waals surface area contributed by atoms with E-state index in [9.17, 15) is 4.79 Å². The predicted molar refractivity (Wildman–Crippen MR) is 79.5 cm³/mol. The first-order chi connectivity index (χ1) is 9.28. The van der Waals surface area contributed by atoms with Crippen LogP contribution in [0.15, 0.2) is 24.3 Å². The second-order valence-electron chi connectivity index (χ2n) is 5.02. The largest absolute Gasteiger partial charge is 0.326 e. The summed E-state index contributed by atoms with van der Waals surface area (Å²) in [5.74, 6) is 0.571. The van der Waals surface area contributed by atoms with Crippen molar-refractivity contribution in [1.29, 1.82) is 0 Å². The minimum absolute atomic E-state index is 0.0407. The van der Waals surface area contributed by atoms with Crippen LogP contribution in [0.4, 0.5) is 5.69 Å². The fourth-order valence-corrected chi connectivity index (χ4v) is 2.53. The number of amides is 1. The van der Waals surface area contributed by atoms with E-state index < -0.39 is 0 Å². The van der Waals surface area contributed by atoms with Gasteiger partial charge in [0, 0.05) is 24.5 Å². The summed E-state index contributed by atoms with van der Waals surface area (Å²) < 4.78 is 0. The summed E-state index contributed by atoms with van der Waals surface area (Å²) in [5.41, 5.74) is 2.15. The summed E-state index contributed by atoms with van der Waals surface area (Å²) in [6.07, 6.45) is 3.81. The van der Waals surface area contributed by atoms with Crippen molar-refractivity contribution in [3.05, 3.63) is 29.8 Å². The molecule has 1 aliphatic heterocycles. The maximum absolute atomic E-state index is 11.6. The van der Waals surface area contributed by atoms with E-state index in [1.165, 1.54) is 31.5 Å². The maximum atomic E-state index is 11.6. The molecule has 0 spiro atoms. The van der Waals surface area contributed by atoms with Gasteiger partial charge >= 0.3 is 0 Å². The highest BCUT2D eigenvalue weighted by molar-refractivity contribution is 6.18. The first kappa shape index (κ1) is 14.4. The van der Waals surface area contributed by atoms with Gasteiger partial charge in [-0.3, -0.25) is 9.69 Å². The Labute approximate surface area is 119 Å². The molecule has 0 radical (unpaired) electrons. The Hall–Kier alpha value is -1.06. The molecule has 104 valence electrons. The van der Waals surface area contributed by atoms with Gasteiger partial charge in [0.2, 0.25) is 5.91 Å². The van der Waals surface area contributed by atoms with E-state index in [1.807, 2.05) is 12.1 Å². The van der Waals surface area contributed by atoms with E-state index in [-0.39, 0.29) is 5.91 Å². The van der Waals surface area contributed by atoms with Crippen LogP contribution >= 0.6 is 11.6 Å². The average molecular weight is 281 g/mol. The van der Waals surface area contributed by atoms with Gasteiger partial charge in [-0.05, 0) is 50.0 Å². The third-order valence-corrected chi connectivity index (χ3v) is 3.62. The van der Waals surface area contributed by atoms with E-state index in [0.29, 0.717) is 12.3 Å². The molecule has 0 unspecified atom stereocenters. The minimum atomic E-state index is 0.0407. The SMILES string of the molecule is O=C(CCCCl)Nc1cccc(CN2CCCC2)c1. The molecule has 3 nitrogen and oxygen atoms in total. The number of benzene rings is 1. The Kier molecular flexibility index (Phi) is 5.67. The van der Waals surface area contributed by atoms with Gasteiger partial charge in [-0.1, -0.05) is 12.1 Å². The van der Waals surface area contributed by atoms with E-state index in [4.69, 9.17) is 11.6 Å². The zero-order valence-corrected chi connectivity index (χ0v) is 12.0. The Bertz CT molecular complexity index is 416. The lowest BCUT2D eigenvalue weighted by atomic mass is 10.2. The molecule has 1 saturated heterocycles. The van der Waals surface area contributed by atoms with Crippen LogP contribution in [-0.4, -0.2) is 29.8 Å². The number of likely N-dealkylation sites (tertiary alicyclic amines) is 1. The number of nitrogens with one attached hydrogen (secondary N) is 1. The van der Waals surface area contributed by atoms with Crippen LogP contribution in [0.3, 0.4) is 0 Å². The van der Waals surface area contributed by atoms with Crippen molar-refractivity contribution in [1.82, 2.24) is 4.90 Å². The molecular weight excluding hydrogens is 260 g/mol. The van der Waals surface area contributed by atoms with Gasteiger partial charge in [0.05, 0.1) is 0 Å². The highest BCUT2D eigenvalue weighted by atomic mass is 35.5. The van der Waals surface area contributed by atoms with Crippen molar-refractivity contribution in [2.45, 2.75) is 32.2 Å².